The van der Waals surface area contributed by atoms with Gasteiger partial charge in [0.1, 0.15) is 0 Å². The Morgan fingerprint density at radius 3 is 1.48 bits per heavy atom. The lowest BCUT2D eigenvalue weighted by molar-refractivity contribution is 0.0600. The lowest BCUT2D eigenvalue weighted by Gasteiger charge is -2.26. The minimum atomic E-state index is -0.440. The van der Waals surface area contributed by atoms with E-state index in [-0.39, 0.29) is 11.6 Å². The van der Waals surface area contributed by atoms with Crippen LogP contribution in [0, 0.1) is 0 Å². The van der Waals surface area contributed by atoms with Gasteiger partial charge >= 0.3 is 5.97 Å². The van der Waals surface area contributed by atoms with Gasteiger partial charge in [-0.1, -0.05) is 91.0 Å². The first-order chi connectivity index (χ1) is 19.6. The Morgan fingerprint density at radius 1 is 0.525 bits per heavy atom. The van der Waals surface area contributed by atoms with Crippen LogP contribution in [0.25, 0.3) is 43.8 Å². The van der Waals surface area contributed by atoms with Gasteiger partial charge in [-0.25, -0.2) is 4.79 Å². The zero-order chi connectivity index (χ0) is 27.4. The Balaban J connectivity index is 1.62. The van der Waals surface area contributed by atoms with Crippen molar-refractivity contribution in [3.05, 3.63) is 143 Å². The van der Waals surface area contributed by atoms with Gasteiger partial charge < -0.3 is 4.74 Å². The molecule has 0 fully saturated rings. The highest BCUT2D eigenvalue weighted by atomic mass is 16.5. The van der Waals surface area contributed by atoms with Crippen molar-refractivity contribution in [1.82, 2.24) is 0 Å². The summed E-state index contributed by atoms with van der Waals surface area (Å²) < 4.78 is 4.87. The number of carbonyl (C=O) groups excluding carboxylic acids is 3. The fourth-order valence-electron chi connectivity index (χ4n) is 5.87. The minimum absolute atomic E-state index is 0.174. The molecule has 0 unspecified atom stereocenters. The number of benzene rings is 6. The average molecular weight is 519 g/mol. The number of ketones is 2. The number of fused-ring (bicyclic) bond motifs is 4. The van der Waals surface area contributed by atoms with E-state index in [0.29, 0.717) is 33.4 Å². The summed E-state index contributed by atoms with van der Waals surface area (Å²) in [5.74, 6) is -0.803. The summed E-state index contributed by atoms with van der Waals surface area (Å²) in [5, 5.41) is 3.55. The molecule has 0 atom stereocenters. The van der Waals surface area contributed by atoms with Gasteiger partial charge in [-0.05, 0) is 56.9 Å². The smallest absolute Gasteiger partial charge is 0.337 e. The van der Waals surface area contributed by atoms with Crippen LogP contribution in [0.1, 0.15) is 42.2 Å². The molecule has 0 saturated carbocycles. The average Bonchev–Trinajstić information content (AvgIpc) is 3.02. The van der Waals surface area contributed by atoms with Crippen LogP contribution in [0.2, 0.25) is 0 Å². The highest BCUT2D eigenvalue weighted by molar-refractivity contribution is 6.36. The Kier molecular flexibility index (Phi) is 5.43. The van der Waals surface area contributed by atoms with Gasteiger partial charge in [0.25, 0.3) is 0 Å². The van der Waals surface area contributed by atoms with Gasteiger partial charge in [0, 0.05) is 33.4 Å². The molecule has 6 aromatic carbocycles. The molecule has 4 nitrogen and oxygen atoms in total. The van der Waals surface area contributed by atoms with Gasteiger partial charge in [-0.2, -0.15) is 0 Å². The van der Waals surface area contributed by atoms with Gasteiger partial charge in [-0.15, -0.1) is 0 Å². The van der Waals surface area contributed by atoms with Crippen molar-refractivity contribution in [2.45, 2.75) is 0 Å². The number of methoxy groups -OCH3 is 1. The highest BCUT2D eigenvalue weighted by Crippen LogP contribution is 2.46. The van der Waals surface area contributed by atoms with Crippen LogP contribution in [-0.2, 0) is 4.74 Å². The summed E-state index contributed by atoms with van der Waals surface area (Å²) in [6, 6.07) is 36.0. The van der Waals surface area contributed by atoms with E-state index in [1.807, 2.05) is 103 Å². The molecule has 0 aliphatic heterocycles. The molecule has 0 heterocycles. The zero-order valence-electron chi connectivity index (χ0n) is 21.6. The summed E-state index contributed by atoms with van der Waals surface area (Å²) >= 11 is 0. The highest BCUT2D eigenvalue weighted by Gasteiger charge is 2.36. The van der Waals surface area contributed by atoms with E-state index in [1.54, 1.807) is 12.1 Å². The third-order valence-corrected chi connectivity index (χ3v) is 7.70. The van der Waals surface area contributed by atoms with E-state index in [4.69, 9.17) is 4.74 Å². The molecule has 190 valence electrons. The maximum absolute atomic E-state index is 14.5. The molecule has 1 aliphatic rings. The Bertz CT molecular complexity index is 2020. The molecule has 0 bridgehead atoms. The zero-order valence-corrected chi connectivity index (χ0v) is 21.6. The van der Waals surface area contributed by atoms with E-state index < -0.39 is 5.97 Å². The van der Waals surface area contributed by atoms with Crippen molar-refractivity contribution >= 4 is 39.1 Å². The van der Waals surface area contributed by atoms with E-state index >= 15 is 0 Å². The van der Waals surface area contributed by atoms with Gasteiger partial charge in [0.2, 0.25) is 0 Å². The second-order valence-electron chi connectivity index (χ2n) is 9.88. The number of ether oxygens (including phenoxy) is 1. The molecule has 7 rings (SSSR count). The first kappa shape index (κ1) is 23.7. The third kappa shape index (κ3) is 3.50. The van der Waals surface area contributed by atoms with Gasteiger partial charge in [0.15, 0.2) is 11.6 Å². The van der Waals surface area contributed by atoms with Crippen molar-refractivity contribution in [2.75, 3.05) is 7.11 Å². The lowest BCUT2D eigenvalue weighted by atomic mass is 9.74. The summed E-state index contributed by atoms with van der Waals surface area (Å²) in [5.41, 5.74) is 5.05. The van der Waals surface area contributed by atoms with Crippen molar-refractivity contribution in [3.8, 4) is 22.3 Å². The molecule has 0 amide bonds. The van der Waals surface area contributed by atoms with Crippen molar-refractivity contribution in [2.24, 2.45) is 0 Å². The SMILES string of the molecule is COC(=O)c1ccc(-c2c3c(c(-c4ccccc4)c4ccccc24)C(=O)c2cc4ccccc4cc2C3=O)cc1. The van der Waals surface area contributed by atoms with Crippen LogP contribution in [0.3, 0.4) is 0 Å². The number of carbonyl (C=O) groups is 3. The summed E-state index contributed by atoms with van der Waals surface area (Å²) in [6.45, 7) is 0. The van der Waals surface area contributed by atoms with Crippen molar-refractivity contribution in [1.29, 1.82) is 0 Å². The summed E-state index contributed by atoms with van der Waals surface area (Å²) in [4.78, 5) is 41.1. The lowest BCUT2D eigenvalue weighted by Crippen LogP contribution is -2.23. The van der Waals surface area contributed by atoms with E-state index in [0.717, 1.165) is 38.2 Å². The standard InChI is InChI=1S/C36H22O4/c1-40-36(39)23-17-15-22(16-18-23)31-27-14-8-7-13-26(27)30(21-9-3-2-4-10-21)32-33(31)35(38)29-20-25-12-6-5-11-24(25)19-28(29)34(32)37/h2-20H,1H3. The van der Waals surface area contributed by atoms with Crippen LogP contribution in [0.15, 0.2) is 115 Å². The maximum Gasteiger partial charge on any atom is 0.337 e. The van der Waals surface area contributed by atoms with Crippen LogP contribution in [0.4, 0.5) is 0 Å². The molecule has 0 saturated heterocycles. The third-order valence-electron chi connectivity index (χ3n) is 7.70. The Morgan fingerprint density at radius 2 is 0.975 bits per heavy atom. The molecular formula is C36H22O4. The van der Waals surface area contributed by atoms with Crippen molar-refractivity contribution < 1.29 is 19.1 Å². The molecule has 40 heavy (non-hydrogen) atoms. The monoisotopic (exact) mass is 518 g/mol. The van der Waals surface area contributed by atoms with Crippen LogP contribution >= 0.6 is 0 Å². The summed E-state index contributed by atoms with van der Waals surface area (Å²) in [7, 11) is 1.34. The topological polar surface area (TPSA) is 60.4 Å². The Labute approximate surface area is 230 Å². The number of esters is 1. The van der Waals surface area contributed by atoms with Gasteiger partial charge in [0.05, 0.1) is 12.7 Å². The predicted molar refractivity (Wildman–Crippen MR) is 157 cm³/mol. The molecule has 1 aliphatic carbocycles. The number of rotatable bonds is 3. The minimum Gasteiger partial charge on any atom is -0.465 e. The molecular weight excluding hydrogens is 496 g/mol. The fraction of sp³-hybridized carbons (Fsp3) is 0.0278. The van der Waals surface area contributed by atoms with Gasteiger partial charge in [-0.3, -0.25) is 9.59 Å². The van der Waals surface area contributed by atoms with Crippen LogP contribution < -0.4 is 0 Å². The molecule has 0 radical (unpaired) electrons. The number of hydrogen-bond acceptors (Lipinski definition) is 4. The number of hydrogen-bond donors (Lipinski definition) is 0. The van der Waals surface area contributed by atoms with E-state index in [2.05, 4.69) is 0 Å². The van der Waals surface area contributed by atoms with E-state index in [1.165, 1.54) is 7.11 Å². The normalized spacial score (nSPS) is 12.3. The van der Waals surface area contributed by atoms with Crippen molar-refractivity contribution in [3.63, 3.8) is 0 Å². The molecule has 0 N–H and O–H groups in total. The molecule has 6 aromatic rings. The second-order valence-corrected chi connectivity index (χ2v) is 9.88. The largest absolute Gasteiger partial charge is 0.465 e. The van der Waals surface area contributed by atoms with Crippen LogP contribution in [0.5, 0.6) is 0 Å². The maximum atomic E-state index is 14.5. The summed E-state index contributed by atoms with van der Waals surface area (Å²) in [6.07, 6.45) is 0. The quantitative estimate of drug-likeness (QED) is 0.223. The van der Waals surface area contributed by atoms with E-state index in [9.17, 15) is 14.4 Å². The van der Waals surface area contributed by atoms with Crippen LogP contribution in [-0.4, -0.2) is 24.6 Å². The second kappa shape index (κ2) is 9.14. The predicted octanol–water partition coefficient (Wildman–Crippen LogP) is 7.89. The molecule has 4 heteroatoms. The molecule has 0 aromatic heterocycles. The Hall–Kier alpha value is -5.35. The first-order valence-corrected chi connectivity index (χ1v) is 13.0. The molecule has 0 spiro atoms. The first-order valence-electron chi connectivity index (χ1n) is 13.0. The fourth-order valence-corrected chi connectivity index (χ4v) is 5.87.